The van der Waals surface area contributed by atoms with Crippen molar-refractivity contribution in [1.29, 1.82) is 0 Å². The Hall–Kier alpha value is -4.22. The Balaban J connectivity index is 1.29. The van der Waals surface area contributed by atoms with Crippen LogP contribution in [0.4, 0.5) is 10.6 Å². The lowest BCUT2D eigenvalue weighted by Gasteiger charge is -2.36. The van der Waals surface area contributed by atoms with Gasteiger partial charge >= 0.3 is 12.1 Å². The molecule has 5 rings (SSSR count). The quantitative estimate of drug-likeness (QED) is 0.275. The number of esters is 1. The van der Waals surface area contributed by atoms with Gasteiger partial charge in [0, 0.05) is 50.9 Å². The van der Waals surface area contributed by atoms with Crippen molar-refractivity contribution in [3.63, 3.8) is 0 Å². The summed E-state index contributed by atoms with van der Waals surface area (Å²) in [7, 11) is 0. The SMILES string of the molecule is CCCCOC(=O)N1CCN(C(=O)C(CC(C)C)NC(=O)c2cc(N3C[C@@H]4C(C(=O)OCC)[C@@H]4C3)nc(-c3ccccc3)n2)CC1. The molecule has 46 heavy (non-hydrogen) atoms. The van der Waals surface area contributed by atoms with Crippen LogP contribution in [-0.4, -0.2) is 102 Å². The number of anilines is 1. The van der Waals surface area contributed by atoms with E-state index in [4.69, 9.17) is 14.5 Å². The zero-order chi connectivity index (χ0) is 32.8. The van der Waals surface area contributed by atoms with E-state index in [1.54, 1.807) is 15.9 Å². The molecule has 0 bridgehead atoms. The van der Waals surface area contributed by atoms with Crippen molar-refractivity contribution < 1.29 is 28.7 Å². The Labute approximate surface area is 270 Å². The van der Waals surface area contributed by atoms with Crippen molar-refractivity contribution in [3.8, 4) is 11.4 Å². The number of hydrogen-bond acceptors (Lipinski definition) is 9. The van der Waals surface area contributed by atoms with Gasteiger partial charge in [-0.2, -0.15) is 0 Å². The number of nitrogens with zero attached hydrogens (tertiary/aromatic N) is 5. The van der Waals surface area contributed by atoms with Gasteiger partial charge in [0.2, 0.25) is 5.91 Å². The minimum Gasteiger partial charge on any atom is -0.466 e. The molecule has 1 aliphatic carbocycles. The van der Waals surface area contributed by atoms with Gasteiger partial charge in [-0.15, -0.1) is 0 Å². The highest BCUT2D eigenvalue weighted by atomic mass is 16.6. The van der Waals surface area contributed by atoms with Gasteiger partial charge in [-0.25, -0.2) is 14.8 Å². The average Bonchev–Trinajstić information content (AvgIpc) is 3.57. The third kappa shape index (κ3) is 7.76. The standard InChI is InChI=1S/C34H46N6O6/c1-5-7-17-46-34(44)39-15-13-38(14-16-39)32(42)27(18-22(3)4)36-31(41)26-19-28(37-30(35-26)23-11-9-8-10-12-23)40-20-24-25(21-40)29(24)33(43)45-6-2/h8-12,19,22,24-25,27,29H,5-7,13-18,20-21H2,1-4H3,(H,36,41)/t24-,25+,27?,29?. The second-order valence-electron chi connectivity index (χ2n) is 12.7. The van der Waals surface area contributed by atoms with Crippen LogP contribution in [0.5, 0.6) is 0 Å². The summed E-state index contributed by atoms with van der Waals surface area (Å²) in [6, 6.07) is 10.4. The first-order valence-electron chi connectivity index (χ1n) is 16.6. The van der Waals surface area contributed by atoms with Crippen molar-refractivity contribution in [3.05, 3.63) is 42.1 Å². The molecule has 3 heterocycles. The lowest BCUT2D eigenvalue weighted by molar-refractivity contribution is -0.145. The first-order valence-corrected chi connectivity index (χ1v) is 16.6. The third-order valence-corrected chi connectivity index (χ3v) is 8.94. The molecule has 248 valence electrons. The van der Waals surface area contributed by atoms with Gasteiger partial charge in [0.15, 0.2) is 5.82 Å². The van der Waals surface area contributed by atoms with Gasteiger partial charge in [-0.1, -0.05) is 57.5 Å². The summed E-state index contributed by atoms with van der Waals surface area (Å²) < 4.78 is 10.6. The van der Waals surface area contributed by atoms with E-state index >= 15 is 0 Å². The molecular formula is C34H46N6O6. The topological polar surface area (TPSA) is 134 Å². The average molecular weight is 635 g/mol. The highest BCUT2D eigenvalue weighted by Crippen LogP contribution is 2.53. The fourth-order valence-electron chi connectivity index (χ4n) is 6.38. The fourth-order valence-corrected chi connectivity index (χ4v) is 6.38. The molecule has 1 N–H and O–H groups in total. The molecule has 2 aliphatic heterocycles. The second kappa shape index (κ2) is 14.9. The van der Waals surface area contributed by atoms with Gasteiger partial charge in [0.1, 0.15) is 17.6 Å². The number of rotatable bonds is 12. The highest BCUT2D eigenvalue weighted by molar-refractivity contribution is 5.97. The van der Waals surface area contributed by atoms with Crippen molar-refractivity contribution in [2.75, 3.05) is 57.4 Å². The number of piperazine rings is 1. The molecular weight excluding hydrogens is 588 g/mol. The zero-order valence-electron chi connectivity index (χ0n) is 27.3. The molecule has 1 saturated carbocycles. The molecule has 2 aromatic rings. The van der Waals surface area contributed by atoms with E-state index in [1.807, 2.05) is 58.0 Å². The van der Waals surface area contributed by atoms with Gasteiger partial charge in [0.05, 0.1) is 19.1 Å². The van der Waals surface area contributed by atoms with Crippen molar-refractivity contribution in [2.24, 2.45) is 23.7 Å². The van der Waals surface area contributed by atoms with Crippen LogP contribution in [0.25, 0.3) is 11.4 Å². The van der Waals surface area contributed by atoms with Crippen molar-refractivity contribution in [2.45, 2.75) is 53.0 Å². The van der Waals surface area contributed by atoms with Gasteiger partial charge in [-0.05, 0) is 37.5 Å². The summed E-state index contributed by atoms with van der Waals surface area (Å²) in [5, 5.41) is 2.97. The van der Waals surface area contributed by atoms with E-state index in [-0.39, 0.29) is 47.3 Å². The van der Waals surface area contributed by atoms with Gasteiger partial charge < -0.3 is 29.5 Å². The summed E-state index contributed by atoms with van der Waals surface area (Å²) in [6.07, 6.45) is 1.86. The smallest absolute Gasteiger partial charge is 0.409 e. The molecule has 1 aromatic carbocycles. The minimum atomic E-state index is -0.751. The summed E-state index contributed by atoms with van der Waals surface area (Å²) in [5.41, 5.74) is 0.945. The largest absolute Gasteiger partial charge is 0.466 e. The third-order valence-electron chi connectivity index (χ3n) is 8.94. The van der Waals surface area contributed by atoms with E-state index < -0.39 is 11.9 Å². The van der Waals surface area contributed by atoms with Crippen LogP contribution in [0.2, 0.25) is 0 Å². The molecule has 4 atom stereocenters. The van der Waals surface area contributed by atoms with E-state index in [2.05, 4.69) is 15.2 Å². The lowest BCUT2D eigenvalue weighted by atomic mass is 10.0. The molecule has 12 heteroatoms. The predicted molar refractivity (Wildman–Crippen MR) is 172 cm³/mol. The Bertz CT molecular complexity index is 1380. The molecule has 0 radical (unpaired) electrons. The fraction of sp³-hybridized carbons (Fsp3) is 0.588. The first kappa shape index (κ1) is 33.2. The molecule has 3 amide bonds. The van der Waals surface area contributed by atoms with Crippen molar-refractivity contribution in [1.82, 2.24) is 25.1 Å². The lowest BCUT2D eigenvalue weighted by Crippen LogP contribution is -2.56. The number of ether oxygens (including phenoxy) is 2. The Morgan fingerprint density at radius 1 is 0.935 bits per heavy atom. The van der Waals surface area contributed by atoms with Crippen LogP contribution in [0, 0.1) is 23.7 Å². The highest BCUT2D eigenvalue weighted by Gasteiger charge is 2.60. The van der Waals surface area contributed by atoms with Crippen LogP contribution in [0.1, 0.15) is 57.4 Å². The van der Waals surface area contributed by atoms with Gasteiger partial charge in [0.25, 0.3) is 5.91 Å². The van der Waals surface area contributed by atoms with Crippen LogP contribution < -0.4 is 10.2 Å². The maximum absolute atomic E-state index is 13.8. The number of amides is 3. The molecule has 1 aromatic heterocycles. The van der Waals surface area contributed by atoms with E-state index in [1.165, 1.54) is 0 Å². The number of hydrogen-bond donors (Lipinski definition) is 1. The number of carbonyl (C=O) groups excluding carboxylic acids is 4. The summed E-state index contributed by atoms with van der Waals surface area (Å²) in [5.74, 6) is 0.742. The maximum atomic E-state index is 13.8. The first-order chi connectivity index (χ1) is 22.2. The number of unbranched alkanes of at least 4 members (excludes halogenated alkanes) is 1. The summed E-state index contributed by atoms with van der Waals surface area (Å²) >= 11 is 0. The minimum absolute atomic E-state index is 0.0780. The predicted octanol–water partition coefficient (Wildman–Crippen LogP) is 3.61. The van der Waals surface area contributed by atoms with Gasteiger partial charge in [-0.3, -0.25) is 14.4 Å². The normalized spacial score (nSPS) is 21.1. The summed E-state index contributed by atoms with van der Waals surface area (Å²) in [6.45, 7) is 11.4. The Kier molecular flexibility index (Phi) is 10.7. The number of fused-ring (bicyclic) bond motifs is 1. The van der Waals surface area contributed by atoms with Crippen LogP contribution in [0.3, 0.4) is 0 Å². The molecule has 0 spiro atoms. The number of aromatic nitrogens is 2. The summed E-state index contributed by atoms with van der Waals surface area (Å²) in [4.78, 5) is 67.1. The zero-order valence-corrected chi connectivity index (χ0v) is 27.3. The Morgan fingerprint density at radius 2 is 1.61 bits per heavy atom. The van der Waals surface area contributed by atoms with E-state index in [0.29, 0.717) is 70.5 Å². The molecule has 2 saturated heterocycles. The Morgan fingerprint density at radius 3 is 2.24 bits per heavy atom. The molecule has 12 nitrogen and oxygen atoms in total. The molecule has 2 unspecified atom stereocenters. The number of piperidine rings is 1. The van der Waals surface area contributed by atoms with Crippen molar-refractivity contribution >= 4 is 29.7 Å². The van der Waals surface area contributed by atoms with E-state index in [9.17, 15) is 19.2 Å². The monoisotopic (exact) mass is 634 g/mol. The van der Waals surface area contributed by atoms with E-state index in [0.717, 1.165) is 18.4 Å². The molecule has 3 aliphatic rings. The number of nitrogens with one attached hydrogen (secondary N) is 1. The van der Waals surface area contributed by atoms with Crippen LogP contribution >= 0.6 is 0 Å². The number of benzene rings is 1. The second-order valence-corrected chi connectivity index (χ2v) is 12.7. The number of carbonyl (C=O) groups is 4. The maximum Gasteiger partial charge on any atom is 0.409 e. The van der Waals surface area contributed by atoms with Crippen LogP contribution in [0.15, 0.2) is 36.4 Å². The van der Waals surface area contributed by atoms with Crippen LogP contribution in [-0.2, 0) is 19.1 Å². The molecule has 3 fully saturated rings.